The first kappa shape index (κ1) is 11.4. The van der Waals surface area contributed by atoms with Crippen LogP contribution in [0.4, 0.5) is 0 Å². The van der Waals surface area contributed by atoms with Crippen molar-refractivity contribution in [2.75, 3.05) is 0 Å². The van der Waals surface area contributed by atoms with Gasteiger partial charge in [0.2, 0.25) is 0 Å². The third-order valence-corrected chi connectivity index (χ3v) is 3.23. The minimum absolute atomic E-state index is 0.273. The highest BCUT2D eigenvalue weighted by Gasteiger charge is 2.10. The standard InChI is InChI=1S/C11H16O2S/c1-9(8-10(2)14(12)13)11-6-4-3-5-7-11/h3-7,9-10H,8H2,1-2H3,(H,12,13)/p-1. The summed E-state index contributed by atoms with van der Waals surface area (Å²) < 4.78 is 21.3. The fraction of sp³-hybridized carbons (Fsp3) is 0.455. The normalized spacial score (nSPS) is 17.4. The van der Waals surface area contributed by atoms with Gasteiger partial charge in [-0.3, -0.25) is 4.21 Å². The summed E-state index contributed by atoms with van der Waals surface area (Å²) in [6.07, 6.45) is 0.681. The highest BCUT2D eigenvalue weighted by atomic mass is 32.2. The molecule has 0 aromatic heterocycles. The van der Waals surface area contributed by atoms with Crippen LogP contribution in [0, 0.1) is 0 Å². The lowest BCUT2D eigenvalue weighted by molar-refractivity contribution is 0.513. The molecule has 78 valence electrons. The second-order valence-corrected chi connectivity index (χ2v) is 4.94. The molecule has 1 aromatic carbocycles. The first-order valence-electron chi connectivity index (χ1n) is 4.74. The average molecular weight is 211 g/mol. The lowest BCUT2D eigenvalue weighted by Crippen LogP contribution is -2.13. The molecule has 0 fully saturated rings. The second kappa shape index (κ2) is 5.27. The van der Waals surface area contributed by atoms with E-state index in [1.165, 1.54) is 5.56 Å². The molecule has 0 radical (unpaired) electrons. The van der Waals surface area contributed by atoms with Crippen LogP contribution in [-0.2, 0) is 11.1 Å². The summed E-state index contributed by atoms with van der Waals surface area (Å²) in [5.74, 6) is 0.295. The Balaban J connectivity index is 2.59. The second-order valence-electron chi connectivity index (χ2n) is 3.62. The van der Waals surface area contributed by atoms with Crippen molar-refractivity contribution in [3.63, 3.8) is 0 Å². The molecule has 0 bridgehead atoms. The molecule has 1 aromatic rings. The third-order valence-electron chi connectivity index (χ3n) is 2.38. The van der Waals surface area contributed by atoms with Gasteiger partial charge in [-0.15, -0.1) is 0 Å². The summed E-state index contributed by atoms with van der Waals surface area (Å²) in [5, 5.41) is -0.273. The number of rotatable bonds is 4. The van der Waals surface area contributed by atoms with Crippen LogP contribution in [0.15, 0.2) is 30.3 Å². The van der Waals surface area contributed by atoms with Crippen molar-refractivity contribution in [3.05, 3.63) is 35.9 Å². The van der Waals surface area contributed by atoms with Gasteiger partial charge in [-0.25, -0.2) is 0 Å². The Kier molecular flexibility index (Phi) is 4.29. The van der Waals surface area contributed by atoms with Crippen LogP contribution in [-0.4, -0.2) is 14.0 Å². The zero-order valence-corrected chi connectivity index (χ0v) is 9.29. The highest BCUT2D eigenvalue weighted by Crippen LogP contribution is 2.21. The largest absolute Gasteiger partial charge is 0.772 e. The Morgan fingerprint density at radius 3 is 2.36 bits per heavy atom. The van der Waals surface area contributed by atoms with Crippen LogP contribution in [0.2, 0.25) is 0 Å². The molecule has 0 aliphatic heterocycles. The van der Waals surface area contributed by atoms with Crippen molar-refractivity contribution in [2.24, 2.45) is 0 Å². The van der Waals surface area contributed by atoms with Crippen molar-refractivity contribution < 1.29 is 8.76 Å². The Bertz CT molecular complexity index is 297. The molecule has 0 aliphatic carbocycles. The summed E-state index contributed by atoms with van der Waals surface area (Å²) >= 11 is -1.95. The zero-order chi connectivity index (χ0) is 10.6. The lowest BCUT2D eigenvalue weighted by Gasteiger charge is -2.19. The Morgan fingerprint density at radius 1 is 1.29 bits per heavy atom. The van der Waals surface area contributed by atoms with E-state index in [1.807, 2.05) is 30.3 Å². The van der Waals surface area contributed by atoms with Crippen LogP contribution >= 0.6 is 0 Å². The Hall–Kier alpha value is -0.670. The number of benzene rings is 1. The topological polar surface area (TPSA) is 40.1 Å². The monoisotopic (exact) mass is 211 g/mol. The quantitative estimate of drug-likeness (QED) is 0.718. The summed E-state index contributed by atoms with van der Waals surface area (Å²) in [5.41, 5.74) is 1.20. The van der Waals surface area contributed by atoms with Gasteiger partial charge in [-0.2, -0.15) is 0 Å². The van der Waals surface area contributed by atoms with Gasteiger partial charge in [0, 0.05) is 5.25 Å². The van der Waals surface area contributed by atoms with E-state index < -0.39 is 11.1 Å². The summed E-state index contributed by atoms with van der Waals surface area (Å²) in [4.78, 5) is 0. The van der Waals surface area contributed by atoms with Gasteiger partial charge in [0.1, 0.15) is 0 Å². The molecule has 0 amide bonds. The van der Waals surface area contributed by atoms with Gasteiger partial charge in [0.15, 0.2) is 0 Å². The van der Waals surface area contributed by atoms with E-state index >= 15 is 0 Å². The van der Waals surface area contributed by atoms with Crippen LogP contribution in [0.1, 0.15) is 31.7 Å². The molecule has 2 nitrogen and oxygen atoms in total. The van der Waals surface area contributed by atoms with Gasteiger partial charge < -0.3 is 4.55 Å². The van der Waals surface area contributed by atoms with E-state index in [2.05, 4.69) is 6.92 Å². The SMILES string of the molecule is CC(CC(C)S(=O)[O-])c1ccccc1. The van der Waals surface area contributed by atoms with Crippen LogP contribution in [0.3, 0.4) is 0 Å². The van der Waals surface area contributed by atoms with E-state index in [-0.39, 0.29) is 5.25 Å². The first-order chi connectivity index (χ1) is 6.61. The van der Waals surface area contributed by atoms with Crippen LogP contribution in [0.5, 0.6) is 0 Å². The van der Waals surface area contributed by atoms with Crippen molar-refractivity contribution in [1.82, 2.24) is 0 Å². The van der Waals surface area contributed by atoms with Crippen molar-refractivity contribution >= 4 is 11.1 Å². The molecule has 1 rings (SSSR count). The van der Waals surface area contributed by atoms with Crippen LogP contribution < -0.4 is 0 Å². The summed E-state index contributed by atoms with van der Waals surface area (Å²) in [6.45, 7) is 3.79. The van der Waals surface area contributed by atoms with Gasteiger partial charge in [0.05, 0.1) is 0 Å². The molecular weight excluding hydrogens is 196 g/mol. The van der Waals surface area contributed by atoms with Crippen molar-refractivity contribution in [2.45, 2.75) is 31.4 Å². The van der Waals surface area contributed by atoms with E-state index in [9.17, 15) is 8.76 Å². The van der Waals surface area contributed by atoms with E-state index in [1.54, 1.807) is 6.92 Å². The van der Waals surface area contributed by atoms with E-state index in [0.717, 1.165) is 0 Å². The Labute approximate surface area is 87.6 Å². The molecule has 0 N–H and O–H groups in total. The van der Waals surface area contributed by atoms with Gasteiger partial charge in [-0.05, 0) is 17.9 Å². The third kappa shape index (κ3) is 3.24. The highest BCUT2D eigenvalue weighted by molar-refractivity contribution is 7.79. The number of hydrogen-bond donors (Lipinski definition) is 0. The van der Waals surface area contributed by atoms with Gasteiger partial charge in [-0.1, -0.05) is 55.3 Å². The fourth-order valence-electron chi connectivity index (χ4n) is 1.49. The summed E-state index contributed by atoms with van der Waals surface area (Å²) in [7, 11) is 0. The van der Waals surface area contributed by atoms with E-state index in [4.69, 9.17) is 0 Å². The molecule has 3 heteroatoms. The lowest BCUT2D eigenvalue weighted by atomic mass is 9.97. The van der Waals surface area contributed by atoms with Gasteiger partial charge in [0.25, 0.3) is 0 Å². The average Bonchev–Trinajstić information content (AvgIpc) is 2.19. The summed E-state index contributed by atoms with van der Waals surface area (Å²) in [6, 6.07) is 9.98. The smallest absolute Gasteiger partial charge is 0.0193 e. The maximum Gasteiger partial charge on any atom is 0.0193 e. The predicted octanol–water partition coefficient (Wildman–Crippen LogP) is 2.45. The van der Waals surface area contributed by atoms with E-state index in [0.29, 0.717) is 12.3 Å². The predicted molar refractivity (Wildman–Crippen MR) is 57.9 cm³/mol. The zero-order valence-electron chi connectivity index (χ0n) is 8.47. The van der Waals surface area contributed by atoms with Crippen molar-refractivity contribution in [1.29, 1.82) is 0 Å². The molecule has 0 saturated heterocycles. The van der Waals surface area contributed by atoms with Gasteiger partial charge >= 0.3 is 0 Å². The molecule has 0 aliphatic rings. The first-order valence-corrected chi connectivity index (χ1v) is 5.88. The molecule has 0 heterocycles. The van der Waals surface area contributed by atoms with Crippen molar-refractivity contribution in [3.8, 4) is 0 Å². The maximum absolute atomic E-state index is 10.7. The molecule has 3 atom stereocenters. The van der Waals surface area contributed by atoms with Crippen LogP contribution in [0.25, 0.3) is 0 Å². The minimum Gasteiger partial charge on any atom is -0.772 e. The molecule has 0 saturated carbocycles. The fourth-order valence-corrected chi connectivity index (χ4v) is 1.94. The molecule has 14 heavy (non-hydrogen) atoms. The number of hydrogen-bond acceptors (Lipinski definition) is 2. The molecule has 3 unspecified atom stereocenters. The maximum atomic E-state index is 10.7. The molecular formula is C11H15O2S-. The minimum atomic E-state index is -1.95. The molecule has 0 spiro atoms. The Morgan fingerprint density at radius 2 is 1.86 bits per heavy atom.